The maximum atomic E-state index is 15.0. The van der Waals surface area contributed by atoms with Gasteiger partial charge in [-0.05, 0) is 77.6 Å². The number of rotatable bonds is 10. The van der Waals surface area contributed by atoms with Crippen LogP contribution in [0.1, 0.15) is 21.5 Å². The largest absolute Gasteiger partial charge is 0.478 e. The topological polar surface area (TPSA) is 163 Å². The van der Waals surface area contributed by atoms with Crippen LogP contribution in [-0.4, -0.2) is 86.6 Å². The lowest BCUT2D eigenvalue weighted by molar-refractivity contribution is -0.123. The quantitative estimate of drug-likeness (QED) is 0.220. The first-order valence-electron chi connectivity index (χ1n) is 14.0. The average Bonchev–Trinajstić information content (AvgIpc) is 3.57. The smallest absolute Gasteiger partial charge is 0.335 e. The van der Waals surface area contributed by atoms with Crippen LogP contribution < -0.4 is 15.5 Å². The van der Waals surface area contributed by atoms with E-state index in [0.717, 1.165) is 6.08 Å². The molecule has 0 spiro atoms. The SMILES string of the molecule is CN1CCN(c2cccc(CC(NC(=O)C=Cc3c(-n4cnnn4)ccc(Cl)c3F)C(=O)Nc3ccc(C(=O)O)cc3)c2)C(=O)C1. The van der Waals surface area contributed by atoms with Crippen molar-refractivity contribution in [1.82, 2.24) is 30.4 Å². The van der Waals surface area contributed by atoms with Crippen LogP contribution in [0, 0.1) is 5.82 Å². The monoisotopic (exact) mass is 646 g/mol. The molecule has 1 saturated heterocycles. The van der Waals surface area contributed by atoms with Crippen molar-refractivity contribution in [2.24, 2.45) is 0 Å². The number of carboxylic acids is 1. The second-order valence-corrected chi connectivity index (χ2v) is 10.9. The second-order valence-electron chi connectivity index (χ2n) is 10.5. The summed E-state index contributed by atoms with van der Waals surface area (Å²) in [5, 5.41) is 25.2. The van der Waals surface area contributed by atoms with Gasteiger partial charge < -0.3 is 20.6 Å². The zero-order valence-corrected chi connectivity index (χ0v) is 25.2. The fourth-order valence-electron chi connectivity index (χ4n) is 4.85. The van der Waals surface area contributed by atoms with Crippen molar-refractivity contribution < 1.29 is 28.7 Å². The zero-order valence-electron chi connectivity index (χ0n) is 24.4. The summed E-state index contributed by atoms with van der Waals surface area (Å²) in [7, 11) is 1.87. The minimum atomic E-state index is -1.13. The molecule has 0 radical (unpaired) electrons. The number of amides is 3. The highest BCUT2D eigenvalue weighted by atomic mass is 35.5. The summed E-state index contributed by atoms with van der Waals surface area (Å²) in [5.74, 6) is -3.28. The van der Waals surface area contributed by atoms with Gasteiger partial charge in [0.05, 0.1) is 22.8 Å². The molecule has 1 atom stereocenters. The number of hydrogen-bond acceptors (Lipinski definition) is 8. The van der Waals surface area contributed by atoms with Crippen LogP contribution in [-0.2, 0) is 20.8 Å². The predicted octanol–water partition coefficient (Wildman–Crippen LogP) is 2.81. The molecule has 4 aromatic rings. The number of piperazine rings is 1. The van der Waals surface area contributed by atoms with E-state index in [-0.39, 0.29) is 40.7 Å². The molecule has 15 heteroatoms. The Labute approximate surface area is 267 Å². The number of tetrazole rings is 1. The molecule has 0 saturated carbocycles. The molecule has 1 fully saturated rings. The number of carboxylic acid groups (broad SMARTS) is 1. The summed E-state index contributed by atoms with van der Waals surface area (Å²) < 4.78 is 16.2. The van der Waals surface area contributed by atoms with E-state index in [0.29, 0.717) is 30.0 Å². The molecule has 0 aliphatic carbocycles. The van der Waals surface area contributed by atoms with Gasteiger partial charge in [0.2, 0.25) is 17.7 Å². The molecule has 236 valence electrons. The number of nitrogens with one attached hydrogen (secondary N) is 2. The van der Waals surface area contributed by atoms with Crippen LogP contribution in [0.25, 0.3) is 11.8 Å². The summed E-state index contributed by atoms with van der Waals surface area (Å²) in [6.45, 7) is 1.48. The minimum Gasteiger partial charge on any atom is -0.478 e. The number of aromatic carboxylic acids is 1. The summed E-state index contributed by atoms with van der Waals surface area (Å²) in [5.41, 5.74) is 1.85. The van der Waals surface area contributed by atoms with Crippen molar-refractivity contribution in [3.8, 4) is 5.69 Å². The van der Waals surface area contributed by atoms with Gasteiger partial charge >= 0.3 is 5.97 Å². The summed E-state index contributed by atoms with van der Waals surface area (Å²) in [4.78, 5) is 54.2. The van der Waals surface area contributed by atoms with Crippen LogP contribution >= 0.6 is 11.6 Å². The van der Waals surface area contributed by atoms with Gasteiger partial charge in [-0.15, -0.1) is 5.10 Å². The maximum absolute atomic E-state index is 15.0. The van der Waals surface area contributed by atoms with Gasteiger partial charge in [-0.3, -0.25) is 19.3 Å². The first-order chi connectivity index (χ1) is 22.1. The molecule has 13 nitrogen and oxygen atoms in total. The molecule has 1 unspecified atom stereocenters. The van der Waals surface area contributed by atoms with Crippen molar-refractivity contribution in [3.63, 3.8) is 0 Å². The highest BCUT2D eigenvalue weighted by Gasteiger charge is 2.25. The Morgan fingerprint density at radius 3 is 2.59 bits per heavy atom. The van der Waals surface area contributed by atoms with E-state index in [2.05, 4.69) is 26.2 Å². The minimum absolute atomic E-state index is 0.0375. The van der Waals surface area contributed by atoms with E-state index in [1.54, 1.807) is 29.2 Å². The Hall–Kier alpha value is -5.47. The first-order valence-corrected chi connectivity index (χ1v) is 14.4. The van der Waals surface area contributed by atoms with Gasteiger partial charge in [-0.25, -0.2) is 9.18 Å². The van der Waals surface area contributed by atoms with Gasteiger partial charge in [-0.2, -0.15) is 4.68 Å². The van der Waals surface area contributed by atoms with Gasteiger partial charge in [-0.1, -0.05) is 23.7 Å². The van der Waals surface area contributed by atoms with Gasteiger partial charge in [0, 0.05) is 42.5 Å². The first kappa shape index (κ1) is 31.9. The number of hydrogen-bond donors (Lipinski definition) is 3. The molecule has 3 N–H and O–H groups in total. The number of carbonyl (C=O) groups excluding carboxylic acids is 3. The van der Waals surface area contributed by atoms with E-state index < -0.39 is 29.6 Å². The van der Waals surface area contributed by atoms with Crippen LogP contribution in [0.15, 0.2) is 73.1 Å². The molecule has 46 heavy (non-hydrogen) atoms. The van der Waals surface area contributed by atoms with Gasteiger partial charge in [0.1, 0.15) is 12.4 Å². The average molecular weight is 647 g/mol. The molecular weight excluding hydrogens is 619 g/mol. The predicted molar refractivity (Wildman–Crippen MR) is 167 cm³/mol. The van der Waals surface area contributed by atoms with E-state index in [1.165, 1.54) is 53.5 Å². The van der Waals surface area contributed by atoms with Crippen molar-refractivity contribution in [1.29, 1.82) is 0 Å². The van der Waals surface area contributed by atoms with E-state index in [1.807, 2.05) is 11.9 Å². The number of aromatic nitrogens is 4. The second kappa shape index (κ2) is 14.1. The third-order valence-electron chi connectivity index (χ3n) is 7.21. The fourth-order valence-corrected chi connectivity index (χ4v) is 5.02. The highest BCUT2D eigenvalue weighted by Crippen LogP contribution is 2.25. The lowest BCUT2D eigenvalue weighted by atomic mass is 10.0. The van der Waals surface area contributed by atoms with Crippen molar-refractivity contribution >= 4 is 52.7 Å². The van der Waals surface area contributed by atoms with Crippen molar-refractivity contribution in [2.75, 3.05) is 36.9 Å². The molecule has 5 rings (SSSR count). The van der Waals surface area contributed by atoms with Crippen LogP contribution in [0.4, 0.5) is 15.8 Å². The molecule has 2 heterocycles. The third kappa shape index (κ3) is 7.60. The zero-order chi connectivity index (χ0) is 32.8. The summed E-state index contributed by atoms with van der Waals surface area (Å²) in [6.07, 6.45) is 3.56. The van der Waals surface area contributed by atoms with Crippen molar-refractivity contribution in [3.05, 3.63) is 101 Å². The summed E-state index contributed by atoms with van der Waals surface area (Å²) in [6, 6.07) is 14.4. The molecule has 0 bridgehead atoms. The Kier molecular flexibility index (Phi) is 9.79. The Morgan fingerprint density at radius 1 is 1.11 bits per heavy atom. The van der Waals surface area contributed by atoms with Crippen LogP contribution in [0.5, 0.6) is 0 Å². The lowest BCUT2D eigenvalue weighted by Gasteiger charge is -2.32. The number of carbonyl (C=O) groups is 4. The third-order valence-corrected chi connectivity index (χ3v) is 7.50. The number of likely N-dealkylation sites (N-methyl/N-ethyl adjacent to an activating group) is 1. The Balaban J connectivity index is 1.39. The molecule has 3 aromatic carbocycles. The van der Waals surface area contributed by atoms with Gasteiger partial charge in [0.15, 0.2) is 5.82 Å². The highest BCUT2D eigenvalue weighted by molar-refractivity contribution is 6.31. The Morgan fingerprint density at radius 2 is 1.89 bits per heavy atom. The molecule has 1 aliphatic heterocycles. The summed E-state index contributed by atoms with van der Waals surface area (Å²) >= 11 is 5.99. The lowest BCUT2D eigenvalue weighted by Crippen LogP contribution is -2.49. The number of benzene rings is 3. The van der Waals surface area contributed by atoms with Gasteiger partial charge in [0.25, 0.3) is 0 Å². The van der Waals surface area contributed by atoms with Crippen molar-refractivity contribution in [2.45, 2.75) is 12.5 Å². The molecule has 1 aromatic heterocycles. The molecule has 3 amide bonds. The van der Waals surface area contributed by atoms with Crippen LogP contribution in [0.3, 0.4) is 0 Å². The Bertz CT molecular complexity index is 1800. The molecular formula is C31H28ClFN8O5. The van der Waals surface area contributed by atoms with E-state index >= 15 is 4.39 Å². The number of nitrogens with zero attached hydrogens (tertiary/aromatic N) is 6. The number of halogens is 2. The van der Waals surface area contributed by atoms with E-state index in [9.17, 15) is 24.3 Å². The fraction of sp³-hybridized carbons (Fsp3) is 0.194. The number of anilines is 2. The standard InChI is InChI=1S/C31H28ClFN8O5/c1-39-13-14-40(28(43)17-39)22-4-2-3-19(15-22)16-25(30(44)35-21-7-5-20(6-8-21)31(45)46)36-27(42)12-9-23-26(41-18-34-37-38-41)11-10-24(32)29(23)33/h2-12,15,18,25H,13-14,16-17H2,1H3,(H,35,44)(H,36,42)(H,45,46). The van der Waals surface area contributed by atoms with E-state index in [4.69, 9.17) is 11.6 Å². The normalized spacial score (nSPS) is 14.3. The maximum Gasteiger partial charge on any atom is 0.335 e. The molecule has 1 aliphatic rings. The van der Waals surface area contributed by atoms with Crippen LogP contribution in [0.2, 0.25) is 5.02 Å².